The predicted octanol–water partition coefficient (Wildman–Crippen LogP) is 3.80. The molecule has 3 rings (SSSR count). The monoisotopic (exact) mass is 344 g/mol. The van der Waals surface area contributed by atoms with Crippen LogP contribution < -0.4 is 10.6 Å². The summed E-state index contributed by atoms with van der Waals surface area (Å²) in [6.07, 6.45) is 1.79. The molecular formula is C19H18F2N2O2. The van der Waals surface area contributed by atoms with E-state index >= 15 is 0 Å². The minimum atomic E-state index is -0.710. The Morgan fingerprint density at radius 3 is 2.56 bits per heavy atom. The Labute approximate surface area is 144 Å². The first-order chi connectivity index (χ1) is 11.9. The SMILES string of the molecule is C[C@@H](NC(=O)c1cccc(NC(=O)C2CC2)c1)c1ccc(F)cc1F. The van der Waals surface area contributed by atoms with E-state index in [2.05, 4.69) is 10.6 Å². The van der Waals surface area contributed by atoms with Gasteiger partial charge in [-0.2, -0.15) is 0 Å². The van der Waals surface area contributed by atoms with Gasteiger partial charge in [0.05, 0.1) is 6.04 Å². The quantitative estimate of drug-likeness (QED) is 0.867. The van der Waals surface area contributed by atoms with E-state index in [0.29, 0.717) is 11.3 Å². The van der Waals surface area contributed by atoms with E-state index in [1.54, 1.807) is 31.2 Å². The summed E-state index contributed by atoms with van der Waals surface area (Å²) in [5.41, 5.74) is 1.10. The van der Waals surface area contributed by atoms with Gasteiger partial charge in [-0.05, 0) is 44.0 Å². The molecular weight excluding hydrogens is 326 g/mol. The van der Waals surface area contributed by atoms with Crippen molar-refractivity contribution in [1.29, 1.82) is 0 Å². The van der Waals surface area contributed by atoms with Crippen LogP contribution in [-0.2, 0) is 4.79 Å². The van der Waals surface area contributed by atoms with Gasteiger partial charge in [-0.15, -0.1) is 0 Å². The number of anilines is 1. The molecule has 0 aliphatic heterocycles. The molecule has 0 saturated heterocycles. The van der Waals surface area contributed by atoms with Crippen LogP contribution in [0.15, 0.2) is 42.5 Å². The summed E-state index contributed by atoms with van der Waals surface area (Å²) in [6.45, 7) is 1.62. The molecule has 2 amide bonds. The van der Waals surface area contributed by atoms with Gasteiger partial charge >= 0.3 is 0 Å². The van der Waals surface area contributed by atoms with E-state index in [1.807, 2.05) is 0 Å². The fraction of sp³-hybridized carbons (Fsp3) is 0.263. The molecule has 1 fully saturated rings. The number of carbonyl (C=O) groups excluding carboxylic acids is 2. The second-order valence-electron chi connectivity index (χ2n) is 6.21. The van der Waals surface area contributed by atoms with Gasteiger partial charge in [0.25, 0.3) is 5.91 Å². The Morgan fingerprint density at radius 2 is 1.88 bits per heavy atom. The van der Waals surface area contributed by atoms with Crippen LogP contribution in [0.5, 0.6) is 0 Å². The lowest BCUT2D eigenvalue weighted by molar-refractivity contribution is -0.117. The van der Waals surface area contributed by atoms with Gasteiger partial charge < -0.3 is 10.6 Å². The zero-order chi connectivity index (χ0) is 18.0. The molecule has 0 radical (unpaired) electrons. The van der Waals surface area contributed by atoms with E-state index in [1.165, 1.54) is 6.07 Å². The van der Waals surface area contributed by atoms with Gasteiger partial charge in [0.1, 0.15) is 11.6 Å². The van der Waals surface area contributed by atoms with Crippen LogP contribution in [0.4, 0.5) is 14.5 Å². The minimum Gasteiger partial charge on any atom is -0.345 e. The third-order valence-electron chi connectivity index (χ3n) is 4.12. The Kier molecular flexibility index (Phi) is 4.79. The third-order valence-corrected chi connectivity index (χ3v) is 4.12. The Bertz CT molecular complexity index is 819. The molecule has 0 unspecified atom stereocenters. The smallest absolute Gasteiger partial charge is 0.251 e. The van der Waals surface area contributed by atoms with Crippen LogP contribution in [-0.4, -0.2) is 11.8 Å². The summed E-state index contributed by atoms with van der Waals surface area (Å²) < 4.78 is 26.8. The van der Waals surface area contributed by atoms with Gasteiger partial charge in [-0.3, -0.25) is 9.59 Å². The Morgan fingerprint density at radius 1 is 1.12 bits per heavy atom. The van der Waals surface area contributed by atoms with Crippen molar-refractivity contribution in [3.63, 3.8) is 0 Å². The zero-order valence-corrected chi connectivity index (χ0v) is 13.7. The molecule has 1 atom stereocenters. The second kappa shape index (κ2) is 7.01. The van der Waals surface area contributed by atoms with Gasteiger partial charge in [-0.25, -0.2) is 8.78 Å². The summed E-state index contributed by atoms with van der Waals surface area (Å²) in [7, 11) is 0. The molecule has 2 aromatic carbocycles. The molecule has 4 nitrogen and oxygen atoms in total. The lowest BCUT2D eigenvalue weighted by atomic mass is 10.1. The van der Waals surface area contributed by atoms with Gasteiger partial charge in [0, 0.05) is 28.8 Å². The normalized spacial score (nSPS) is 14.7. The number of nitrogens with one attached hydrogen (secondary N) is 2. The fourth-order valence-corrected chi connectivity index (χ4v) is 2.54. The van der Waals surface area contributed by atoms with Crippen molar-refractivity contribution in [2.75, 3.05) is 5.32 Å². The van der Waals surface area contributed by atoms with Crippen molar-refractivity contribution >= 4 is 17.5 Å². The number of carbonyl (C=O) groups is 2. The van der Waals surface area contributed by atoms with Crippen molar-refractivity contribution in [3.8, 4) is 0 Å². The van der Waals surface area contributed by atoms with Crippen LogP contribution in [0.3, 0.4) is 0 Å². The molecule has 0 heterocycles. The first-order valence-electron chi connectivity index (χ1n) is 8.11. The van der Waals surface area contributed by atoms with Crippen molar-refractivity contribution < 1.29 is 18.4 Å². The molecule has 0 spiro atoms. The van der Waals surface area contributed by atoms with Crippen molar-refractivity contribution in [2.45, 2.75) is 25.8 Å². The summed E-state index contributed by atoms with van der Waals surface area (Å²) in [6, 6.07) is 9.17. The molecule has 25 heavy (non-hydrogen) atoms. The highest BCUT2D eigenvalue weighted by Gasteiger charge is 2.29. The van der Waals surface area contributed by atoms with Crippen molar-refractivity contribution in [1.82, 2.24) is 5.32 Å². The van der Waals surface area contributed by atoms with E-state index in [9.17, 15) is 18.4 Å². The molecule has 0 aromatic heterocycles. The van der Waals surface area contributed by atoms with E-state index in [-0.39, 0.29) is 17.4 Å². The number of benzene rings is 2. The second-order valence-corrected chi connectivity index (χ2v) is 6.21. The molecule has 6 heteroatoms. The Balaban J connectivity index is 1.68. The van der Waals surface area contributed by atoms with E-state index in [0.717, 1.165) is 25.0 Å². The van der Waals surface area contributed by atoms with Crippen LogP contribution in [0, 0.1) is 17.6 Å². The molecule has 2 N–H and O–H groups in total. The van der Waals surface area contributed by atoms with Crippen LogP contribution in [0.25, 0.3) is 0 Å². The van der Waals surface area contributed by atoms with Crippen LogP contribution in [0.1, 0.15) is 41.7 Å². The summed E-state index contributed by atoms with van der Waals surface area (Å²) in [5, 5.41) is 5.45. The van der Waals surface area contributed by atoms with Gasteiger partial charge in [0.2, 0.25) is 5.91 Å². The lowest BCUT2D eigenvalue weighted by Gasteiger charge is -2.15. The predicted molar refractivity (Wildman–Crippen MR) is 90.0 cm³/mol. The molecule has 0 bridgehead atoms. The average molecular weight is 344 g/mol. The highest BCUT2D eigenvalue weighted by atomic mass is 19.1. The molecule has 1 aliphatic rings. The number of hydrogen-bond acceptors (Lipinski definition) is 2. The van der Waals surface area contributed by atoms with Crippen LogP contribution >= 0.6 is 0 Å². The van der Waals surface area contributed by atoms with Gasteiger partial charge in [-0.1, -0.05) is 12.1 Å². The first kappa shape index (κ1) is 17.1. The summed E-state index contributed by atoms with van der Waals surface area (Å²) in [5.74, 6) is -1.76. The maximum atomic E-state index is 13.8. The highest BCUT2D eigenvalue weighted by Crippen LogP contribution is 2.30. The largest absolute Gasteiger partial charge is 0.345 e. The maximum Gasteiger partial charge on any atom is 0.251 e. The lowest BCUT2D eigenvalue weighted by Crippen LogP contribution is -2.27. The topological polar surface area (TPSA) is 58.2 Å². The summed E-state index contributed by atoms with van der Waals surface area (Å²) in [4.78, 5) is 24.2. The van der Waals surface area contributed by atoms with E-state index in [4.69, 9.17) is 0 Å². The van der Waals surface area contributed by atoms with Gasteiger partial charge in [0.15, 0.2) is 0 Å². The average Bonchev–Trinajstić information content (AvgIpc) is 3.39. The number of halogens is 2. The van der Waals surface area contributed by atoms with Crippen molar-refractivity contribution in [3.05, 3.63) is 65.2 Å². The fourth-order valence-electron chi connectivity index (χ4n) is 2.54. The van der Waals surface area contributed by atoms with E-state index < -0.39 is 23.6 Å². The third kappa shape index (κ3) is 4.21. The molecule has 1 saturated carbocycles. The highest BCUT2D eigenvalue weighted by molar-refractivity contribution is 5.98. The number of hydrogen-bond donors (Lipinski definition) is 2. The molecule has 2 aromatic rings. The summed E-state index contributed by atoms with van der Waals surface area (Å²) >= 11 is 0. The Hall–Kier alpha value is -2.76. The maximum absolute atomic E-state index is 13.8. The van der Waals surface area contributed by atoms with Crippen LogP contribution in [0.2, 0.25) is 0 Å². The zero-order valence-electron chi connectivity index (χ0n) is 13.7. The standard InChI is InChI=1S/C19H18F2N2O2/c1-11(16-8-7-14(20)10-17(16)21)22-19(25)13-3-2-4-15(9-13)23-18(24)12-5-6-12/h2-4,7-12H,5-6H2,1H3,(H,22,25)(H,23,24)/t11-/m1/s1. The number of amides is 2. The van der Waals surface area contributed by atoms with Crippen molar-refractivity contribution in [2.24, 2.45) is 5.92 Å². The number of rotatable bonds is 5. The molecule has 130 valence electrons. The first-order valence-corrected chi connectivity index (χ1v) is 8.11. The molecule has 1 aliphatic carbocycles. The minimum absolute atomic E-state index is 0.0423.